The summed E-state index contributed by atoms with van der Waals surface area (Å²) in [6.07, 6.45) is -0.0522. The Bertz CT molecular complexity index is 465. The molecule has 2 heterocycles. The topological polar surface area (TPSA) is 63.7 Å². The lowest BCUT2D eigenvalue weighted by atomic mass is 10.3. The molecule has 1 aromatic rings. The maximum atomic E-state index is 11.4. The van der Waals surface area contributed by atoms with Crippen LogP contribution < -0.4 is 4.90 Å². The number of nitrogens with zero attached hydrogens (tertiary/aromatic N) is 1. The van der Waals surface area contributed by atoms with Gasteiger partial charge in [-0.3, -0.25) is 9.59 Å². The van der Waals surface area contributed by atoms with Crippen molar-refractivity contribution in [1.82, 2.24) is 0 Å². The van der Waals surface area contributed by atoms with Crippen LogP contribution in [-0.4, -0.2) is 31.3 Å². The van der Waals surface area contributed by atoms with Crippen LogP contribution in [0, 0.1) is 0 Å². The number of thiophene rings is 1. The van der Waals surface area contributed by atoms with Crippen molar-refractivity contribution in [3.8, 4) is 0 Å². The molecule has 5 nitrogen and oxygen atoms in total. The van der Waals surface area contributed by atoms with Gasteiger partial charge in [0.15, 0.2) is 5.78 Å². The first-order valence-electron chi connectivity index (χ1n) is 4.60. The number of anilines is 1. The minimum atomic E-state index is -0.436. The number of rotatable bonds is 2. The standard InChI is InChI=1S/C10H9NO4S/c1-15-10(14)8-2-6(5-16-8)11-4-7(12)3-9(11)13/h2,5H,3-4H2,1H3. The summed E-state index contributed by atoms with van der Waals surface area (Å²) in [5.41, 5.74) is 0.584. The smallest absolute Gasteiger partial charge is 0.348 e. The highest BCUT2D eigenvalue weighted by Crippen LogP contribution is 2.26. The molecule has 2 rings (SSSR count). The van der Waals surface area contributed by atoms with Gasteiger partial charge in [0.05, 0.1) is 25.8 Å². The SMILES string of the molecule is COC(=O)c1cc(N2CC(=O)CC2=O)cs1. The van der Waals surface area contributed by atoms with Crippen LogP contribution in [-0.2, 0) is 14.3 Å². The summed E-state index contributed by atoms with van der Waals surface area (Å²) in [7, 11) is 1.30. The lowest BCUT2D eigenvalue weighted by molar-refractivity contribution is -0.121. The Morgan fingerprint density at radius 2 is 2.25 bits per heavy atom. The number of ketones is 1. The monoisotopic (exact) mass is 239 g/mol. The largest absolute Gasteiger partial charge is 0.465 e. The van der Waals surface area contributed by atoms with Crippen molar-refractivity contribution in [2.75, 3.05) is 18.6 Å². The molecule has 0 aromatic carbocycles. The molecule has 1 aliphatic heterocycles. The second-order valence-electron chi connectivity index (χ2n) is 3.36. The normalized spacial score (nSPS) is 15.7. The molecule has 6 heteroatoms. The number of hydrogen-bond donors (Lipinski definition) is 0. The maximum Gasteiger partial charge on any atom is 0.348 e. The first-order chi connectivity index (χ1) is 7.61. The van der Waals surface area contributed by atoms with Crippen molar-refractivity contribution in [2.24, 2.45) is 0 Å². The fourth-order valence-electron chi connectivity index (χ4n) is 1.50. The zero-order valence-electron chi connectivity index (χ0n) is 8.56. The Morgan fingerprint density at radius 3 is 2.81 bits per heavy atom. The van der Waals surface area contributed by atoms with Crippen molar-refractivity contribution in [1.29, 1.82) is 0 Å². The molecule has 0 spiro atoms. The molecule has 1 saturated heterocycles. The van der Waals surface area contributed by atoms with E-state index in [0.29, 0.717) is 10.6 Å². The molecule has 0 saturated carbocycles. The van der Waals surface area contributed by atoms with Gasteiger partial charge < -0.3 is 9.64 Å². The Labute approximate surface area is 95.6 Å². The van der Waals surface area contributed by atoms with E-state index in [1.165, 1.54) is 23.3 Å². The summed E-state index contributed by atoms with van der Waals surface area (Å²) in [6.45, 7) is 0.0934. The third-order valence-corrected chi connectivity index (χ3v) is 3.17. The molecule has 0 bridgehead atoms. The minimum absolute atomic E-state index is 0.0522. The average molecular weight is 239 g/mol. The number of ether oxygens (including phenoxy) is 1. The predicted octanol–water partition coefficient (Wildman–Crippen LogP) is 0.841. The fraction of sp³-hybridized carbons (Fsp3) is 0.300. The molecular formula is C10H9NO4S. The molecule has 1 fully saturated rings. The highest BCUT2D eigenvalue weighted by molar-refractivity contribution is 7.12. The molecule has 0 N–H and O–H groups in total. The highest BCUT2D eigenvalue weighted by Gasteiger charge is 2.29. The third kappa shape index (κ3) is 1.83. The molecule has 1 aromatic heterocycles. The van der Waals surface area contributed by atoms with E-state index in [4.69, 9.17) is 0 Å². The third-order valence-electron chi connectivity index (χ3n) is 2.27. The summed E-state index contributed by atoms with van der Waals surface area (Å²) in [5, 5.41) is 1.67. The lowest BCUT2D eigenvalue weighted by Crippen LogP contribution is -2.23. The Hall–Kier alpha value is -1.69. The van der Waals surface area contributed by atoms with E-state index in [9.17, 15) is 14.4 Å². The first kappa shape index (κ1) is 10.8. The van der Waals surface area contributed by atoms with Crippen LogP contribution in [0.3, 0.4) is 0 Å². The molecule has 1 amide bonds. The van der Waals surface area contributed by atoms with Crippen molar-refractivity contribution in [3.05, 3.63) is 16.3 Å². The van der Waals surface area contributed by atoms with Gasteiger partial charge in [-0.05, 0) is 6.07 Å². The Balaban J connectivity index is 2.22. The lowest BCUT2D eigenvalue weighted by Gasteiger charge is -2.11. The van der Waals surface area contributed by atoms with Gasteiger partial charge in [0, 0.05) is 5.38 Å². The van der Waals surface area contributed by atoms with Crippen LogP contribution in [0.4, 0.5) is 5.69 Å². The number of esters is 1. The van der Waals surface area contributed by atoms with Gasteiger partial charge in [-0.15, -0.1) is 11.3 Å². The number of amides is 1. The number of methoxy groups -OCH3 is 1. The van der Waals surface area contributed by atoms with E-state index >= 15 is 0 Å². The van der Waals surface area contributed by atoms with Crippen LogP contribution in [0.15, 0.2) is 11.4 Å². The van der Waals surface area contributed by atoms with Crippen LogP contribution in [0.1, 0.15) is 16.1 Å². The summed E-state index contributed by atoms with van der Waals surface area (Å²) in [6, 6.07) is 1.56. The minimum Gasteiger partial charge on any atom is -0.465 e. The van der Waals surface area contributed by atoms with E-state index in [-0.39, 0.29) is 24.7 Å². The molecule has 0 aliphatic carbocycles. The second-order valence-corrected chi connectivity index (χ2v) is 4.27. The van der Waals surface area contributed by atoms with E-state index in [0.717, 1.165) is 0 Å². The van der Waals surface area contributed by atoms with Crippen molar-refractivity contribution < 1.29 is 19.1 Å². The van der Waals surface area contributed by atoms with Crippen LogP contribution in [0.2, 0.25) is 0 Å². The van der Waals surface area contributed by atoms with Crippen molar-refractivity contribution in [3.63, 3.8) is 0 Å². The summed E-state index contributed by atoms with van der Waals surface area (Å²) >= 11 is 1.19. The second kappa shape index (κ2) is 4.05. The summed E-state index contributed by atoms with van der Waals surface area (Å²) in [4.78, 5) is 35.5. The molecule has 0 atom stereocenters. The molecule has 0 unspecified atom stereocenters. The molecule has 16 heavy (non-hydrogen) atoms. The number of carbonyl (C=O) groups is 3. The molecular weight excluding hydrogens is 230 g/mol. The number of carbonyl (C=O) groups excluding carboxylic acids is 3. The van der Waals surface area contributed by atoms with Gasteiger partial charge in [-0.1, -0.05) is 0 Å². The molecule has 0 radical (unpaired) electrons. The number of hydrogen-bond acceptors (Lipinski definition) is 5. The first-order valence-corrected chi connectivity index (χ1v) is 5.48. The zero-order chi connectivity index (χ0) is 11.7. The highest BCUT2D eigenvalue weighted by atomic mass is 32.1. The van der Waals surface area contributed by atoms with Gasteiger partial charge in [0.2, 0.25) is 5.91 Å². The predicted molar refractivity (Wildman–Crippen MR) is 57.6 cm³/mol. The van der Waals surface area contributed by atoms with Gasteiger partial charge in [-0.2, -0.15) is 0 Å². The van der Waals surface area contributed by atoms with Crippen molar-refractivity contribution >= 4 is 34.7 Å². The fourth-order valence-corrected chi connectivity index (χ4v) is 2.31. The quantitative estimate of drug-likeness (QED) is 0.566. The Kier molecular flexibility index (Phi) is 2.74. The van der Waals surface area contributed by atoms with Crippen LogP contribution in [0.25, 0.3) is 0 Å². The maximum absolute atomic E-state index is 11.4. The van der Waals surface area contributed by atoms with Gasteiger partial charge in [0.1, 0.15) is 4.88 Å². The van der Waals surface area contributed by atoms with E-state index in [1.54, 1.807) is 11.4 Å². The summed E-state index contributed by atoms with van der Waals surface area (Å²) < 4.78 is 4.56. The molecule has 84 valence electrons. The van der Waals surface area contributed by atoms with Gasteiger partial charge in [-0.25, -0.2) is 4.79 Å². The number of Topliss-reactive ketones (excluding diaryl/α,β-unsaturated/α-hetero) is 1. The van der Waals surface area contributed by atoms with Gasteiger partial charge >= 0.3 is 5.97 Å². The average Bonchev–Trinajstić information content (AvgIpc) is 2.83. The van der Waals surface area contributed by atoms with Crippen LogP contribution >= 0.6 is 11.3 Å². The zero-order valence-corrected chi connectivity index (χ0v) is 9.37. The van der Waals surface area contributed by atoms with E-state index in [1.807, 2.05) is 0 Å². The van der Waals surface area contributed by atoms with Gasteiger partial charge in [0.25, 0.3) is 0 Å². The van der Waals surface area contributed by atoms with Crippen molar-refractivity contribution in [2.45, 2.75) is 6.42 Å². The Morgan fingerprint density at radius 1 is 1.50 bits per heavy atom. The van der Waals surface area contributed by atoms with E-state index < -0.39 is 5.97 Å². The van der Waals surface area contributed by atoms with E-state index in [2.05, 4.69) is 4.74 Å². The molecule has 1 aliphatic rings. The van der Waals surface area contributed by atoms with Crippen LogP contribution in [0.5, 0.6) is 0 Å². The summed E-state index contributed by atoms with van der Waals surface area (Å²) in [5.74, 6) is -0.760.